The van der Waals surface area contributed by atoms with Crippen LogP contribution in [-0.4, -0.2) is 30.7 Å². The molecule has 0 aliphatic carbocycles. The van der Waals surface area contributed by atoms with E-state index in [2.05, 4.69) is 15.1 Å². The molecule has 0 saturated heterocycles. The Balaban J connectivity index is 1.73. The molecule has 142 valence electrons. The highest BCUT2D eigenvalue weighted by atomic mass is 19.4. The minimum absolute atomic E-state index is 0.266. The van der Waals surface area contributed by atoms with Gasteiger partial charge >= 0.3 is 11.9 Å². The van der Waals surface area contributed by atoms with Crippen molar-refractivity contribution in [2.75, 3.05) is 11.4 Å². The first-order chi connectivity index (χ1) is 12.8. The maximum absolute atomic E-state index is 13.0. The Kier molecular flexibility index (Phi) is 3.93. The zero-order chi connectivity index (χ0) is 19.3. The van der Waals surface area contributed by atoms with Gasteiger partial charge in [0.15, 0.2) is 0 Å². The van der Waals surface area contributed by atoms with E-state index in [0.717, 1.165) is 17.8 Å². The molecule has 4 rings (SSSR count). The number of anilines is 1. The summed E-state index contributed by atoms with van der Waals surface area (Å²) in [6.07, 6.45) is -1.35. The van der Waals surface area contributed by atoms with Crippen molar-refractivity contribution in [1.29, 1.82) is 0 Å². The molecular weight excluding hydrogens is 361 g/mol. The molecule has 0 fully saturated rings. The van der Waals surface area contributed by atoms with Crippen molar-refractivity contribution in [3.63, 3.8) is 0 Å². The lowest BCUT2D eigenvalue weighted by Gasteiger charge is -2.30. The Bertz CT molecular complexity index is 1080. The van der Waals surface area contributed by atoms with Crippen LogP contribution in [0.3, 0.4) is 0 Å². The molecule has 0 bridgehead atoms. The van der Waals surface area contributed by atoms with E-state index in [9.17, 15) is 18.0 Å². The molecule has 7 nitrogen and oxygen atoms in total. The monoisotopic (exact) mass is 378 g/mol. The lowest BCUT2D eigenvalue weighted by Crippen LogP contribution is -2.33. The van der Waals surface area contributed by atoms with Gasteiger partial charge in [0.2, 0.25) is 0 Å². The molecule has 0 saturated carbocycles. The third kappa shape index (κ3) is 2.94. The quantitative estimate of drug-likeness (QED) is 0.684. The molecule has 0 N–H and O–H groups in total. The summed E-state index contributed by atoms with van der Waals surface area (Å²) in [4.78, 5) is 22.6. The fraction of sp³-hybridized carbons (Fsp3) is 0.412. The van der Waals surface area contributed by atoms with E-state index in [1.807, 2.05) is 18.7 Å². The van der Waals surface area contributed by atoms with Crippen molar-refractivity contribution in [2.24, 2.45) is 0 Å². The molecule has 0 spiro atoms. The molecule has 1 aliphatic rings. The third-order valence-corrected chi connectivity index (χ3v) is 4.70. The van der Waals surface area contributed by atoms with Gasteiger partial charge in [-0.1, -0.05) is 0 Å². The highest BCUT2D eigenvalue weighted by Crippen LogP contribution is 2.32. The normalized spacial score (nSPS) is 14.6. The van der Waals surface area contributed by atoms with Crippen LogP contribution in [0, 0.1) is 6.92 Å². The van der Waals surface area contributed by atoms with Crippen LogP contribution in [0.2, 0.25) is 0 Å². The van der Waals surface area contributed by atoms with Crippen LogP contribution in [0.25, 0.3) is 5.78 Å². The smallest absolute Gasteiger partial charge is 0.351 e. The van der Waals surface area contributed by atoms with Crippen molar-refractivity contribution in [3.8, 4) is 0 Å². The van der Waals surface area contributed by atoms with E-state index in [1.165, 1.54) is 9.08 Å². The Morgan fingerprint density at radius 2 is 2.07 bits per heavy atom. The van der Waals surface area contributed by atoms with E-state index in [0.29, 0.717) is 36.6 Å². The number of pyridine rings is 1. The van der Waals surface area contributed by atoms with Gasteiger partial charge in [-0.2, -0.15) is 18.2 Å². The molecule has 27 heavy (non-hydrogen) atoms. The van der Waals surface area contributed by atoms with Crippen LogP contribution >= 0.6 is 0 Å². The molecule has 0 radical (unpaired) electrons. The standard InChI is InChI=1S/C17H17F3N6O/c1-3-26-16(27)25-8-10(2)14(22-15(25)23-26)24-5-4-13-11(9-24)6-12(7-21-13)17(18,19)20/h6-8H,3-5,9H2,1-2H3. The van der Waals surface area contributed by atoms with Crippen molar-refractivity contribution < 1.29 is 13.2 Å². The van der Waals surface area contributed by atoms with Gasteiger partial charge in [0.05, 0.1) is 5.56 Å². The summed E-state index contributed by atoms with van der Waals surface area (Å²) in [6.45, 7) is 4.91. The first-order valence-corrected chi connectivity index (χ1v) is 8.54. The lowest BCUT2D eigenvalue weighted by atomic mass is 10.0. The zero-order valence-corrected chi connectivity index (χ0v) is 14.8. The molecular formula is C17H17F3N6O. The SMILES string of the molecule is CCn1nc2nc(N3CCc4ncc(C(F)(F)F)cc4C3)c(C)cn2c1=O. The summed E-state index contributed by atoms with van der Waals surface area (Å²) in [7, 11) is 0. The molecule has 3 aromatic rings. The number of fused-ring (bicyclic) bond motifs is 2. The van der Waals surface area contributed by atoms with Crippen molar-refractivity contribution in [2.45, 2.75) is 39.5 Å². The molecule has 0 aromatic carbocycles. The summed E-state index contributed by atoms with van der Waals surface area (Å²) >= 11 is 0. The average Bonchev–Trinajstić information content (AvgIpc) is 2.94. The molecule has 10 heteroatoms. The number of aromatic nitrogens is 5. The lowest BCUT2D eigenvalue weighted by molar-refractivity contribution is -0.137. The zero-order valence-electron chi connectivity index (χ0n) is 14.8. The Labute approximate surface area is 152 Å². The minimum atomic E-state index is -4.43. The second kappa shape index (κ2) is 6.07. The molecule has 0 amide bonds. The Morgan fingerprint density at radius 3 is 2.78 bits per heavy atom. The maximum Gasteiger partial charge on any atom is 0.417 e. The van der Waals surface area contributed by atoms with Crippen molar-refractivity contribution >= 4 is 11.6 Å². The van der Waals surface area contributed by atoms with E-state index in [-0.39, 0.29) is 18.0 Å². The Morgan fingerprint density at radius 1 is 1.30 bits per heavy atom. The predicted octanol–water partition coefficient (Wildman–Crippen LogP) is 2.20. The second-order valence-electron chi connectivity index (χ2n) is 6.51. The maximum atomic E-state index is 13.0. The van der Waals surface area contributed by atoms with Gasteiger partial charge in [-0.3, -0.25) is 4.98 Å². The highest BCUT2D eigenvalue weighted by Gasteiger charge is 2.32. The van der Waals surface area contributed by atoms with E-state index >= 15 is 0 Å². The number of rotatable bonds is 2. The summed E-state index contributed by atoms with van der Waals surface area (Å²) in [5.74, 6) is 0.884. The van der Waals surface area contributed by atoms with E-state index < -0.39 is 11.7 Å². The van der Waals surface area contributed by atoms with Gasteiger partial charge in [0.25, 0.3) is 5.78 Å². The number of aryl methyl sites for hydroxylation is 2. The summed E-state index contributed by atoms with van der Waals surface area (Å²) < 4.78 is 41.6. The number of hydrogen-bond acceptors (Lipinski definition) is 5. The fourth-order valence-corrected chi connectivity index (χ4v) is 3.32. The van der Waals surface area contributed by atoms with E-state index in [4.69, 9.17) is 0 Å². The van der Waals surface area contributed by atoms with Crippen LogP contribution in [0.4, 0.5) is 19.0 Å². The van der Waals surface area contributed by atoms with Crippen LogP contribution in [0.1, 0.15) is 29.3 Å². The first-order valence-electron chi connectivity index (χ1n) is 8.54. The van der Waals surface area contributed by atoms with Gasteiger partial charge in [-0.25, -0.2) is 13.9 Å². The van der Waals surface area contributed by atoms with Gasteiger partial charge in [-0.05, 0) is 25.5 Å². The summed E-state index contributed by atoms with van der Waals surface area (Å²) in [5, 5.41) is 4.19. The number of hydrogen-bond donors (Lipinski definition) is 0. The van der Waals surface area contributed by atoms with Gasteiger partial charge in [0, 0.05) is 49.7 Å². The van der Waals surface area contributed by atoms with Crippen LogP contribution in [-0.2, 0) is 25.7 Å². The Hall–Kier alpha value is -2.91. The van der Waals surface area contributed by atoms with Crippen LogP contribution in [0.15, 0.2) is 23.3 Å². The summed E-state index contributed by atoms with van der Waals surface area (Å²) in [5.41, 5.74) is 0.941. The van der Waals surface area contributed by atoms with Crippen LogP contribution < -0.4 is 10.6 Å². The van der Waals surface area contributed by atoms with Gasteiger partial charge in [0.1, 0.15) is 5.82 Å². The highest BCUT2D eigenvalue weighted by molar-refractivity contribution is 5.52. The van der Waals surface area contributed by atoms with Gasteiger partial charge in [-0.15, -0.1) is 5.10 Å². The number of alkyl halides is 3. The fourth-order valence-electron chi connectivity index (χ4n) is 3.32. The molecule has 4 heterocycles. The molecule has 0 atom stereocenters. The average molecular weight is 378 g/mol. The van der Waals surface area contributed by atoms with Crippen molar-refractivity contribution in [1.82, 2.24) is 24.1 Å². The second-order valence-corrected chi connectivity index (χ2v) is 6.51. The first kappa shape index (κ1) is 17.5. The van der Waals surface area contributed by atoms with Crippen molar-refractivity contribution in [3.05, 3.63) is 51.3 Å². The van der Waals surface area contributed by atoms with Gasteiger partial charge < -0.3 is 4.90 Å². The van der Waals surface area contributed by atoms with E-state index in [1.54, 1.807) is 6.20 Å². The largest absolute Gasteiger partial charge is 0.417 e. The predicted molar refractivity (Wildman–Crippen MR) is 91.7 cm³/mol. The summed E-state index contributed by atoms with van der Waals surface area (Å²) in [6, 6.07) is 1.15. The number of halogens is 3. The van der Waals surface area contributed by atoms with Crippen LogP contribution in [0.5, 0.6) is 0 Å². The third-order valence-electron chi connectivity index (χ3n) is 4.70. The number of nitrogens with zero attached hydrogens (tertiary/aromatic N) is 6. The topological polar surface area (TPSA) is 68.3 Å². The molecule has 1 aliphatic heterocycles. The molecule has 0 unspecified atom stereocenters. The molecule has 3 aromatic heterocycles. The minimum Gasteiger partial charge on any atom is -0.351 e.